The Kier molecular flexibility index (Phi) is 4.55. The Morgan fingerprint density at radius 2 is 1.80 bits per heavy atom. The van der Waals surface area contributed by atoms with Gasteiger partial charge in [-0.2, -0.15) is 23.5 Å². The van der Waals surface area contributed by atoms with Crippen LogP contribution in [0.4, 0.5) is 13.2 Å². The second-order valence-corrected chi connectivity index (χ2v) is 6.32. The second-order valence-electron chi connectivity index (χ2n) is 5.26. The molecular formula is C18H12F3N3S. The molecule has 0 amide bonds. The van der Waals surface area contributed by atoms with E-state index in [4.69, 9.17) is 0 Å². The third kappa shape index (κ3) is 3.54. The number of alkyl halides is 3. The number of rotatable bonds is 3. The van der Waals surface area contributed by atoms with E-state index < -0.39 is 11.7 Å². The zero-order chi connectivity index (χ0) is 18.0. The van der Waals surface area contributed by atoms with E-state index in [0.717, 1.165) is 29.5 Å². The Labute approximate surface area is 146 Å². The lowest BCUT2D eigenvalue weighted by Gasteiger charge is -2.08. The van der Waals surface area contributed by atoms with Gasteiger partial charge in [0.05, 0.1) is 5.56 Å². The fourth-order valence-corrected chi connectivity index (χ4v) is 3.35. The van der Waals surface area contributed by atoms with Crippen LogP contribution in [0.2, 0.25) is 0 Å². The third-order valence-corrected chi connectivity index (χ3v) is 4.68. The molecular weight excluding hydrogens is 347 g/mol. The number of hydrogen-bond donors (Lipinski definition) is 0. The zero-order valence-electron chi connectivity index (χ0n) is 13.1. The fraction of sp³-hybridized carbons (Fsp3) is 0.111. The van der Waals surface area contributed by atoms with Crippen LogP contribution in [0.15, 0.2) is 64.5 Å². The molecule has 0 aliphatic rings. The maximum atomic E-state index is 12.9. The smallest absolute Gasteiger partial charge is 0.260 e. The van der Waals surface area contributed by atoms with Crippen molar-refractivity contribution < 1.29 is 13.2 Å². The quantitative estimate of drug-likeness (QED) is 0.651. The first-order valence-corrected chi connectivity index (χ1v) is 8.09. The Balaban J connectivity index is 2.02. The lowest BCUT2D eigenvalue weighted by atomic mass is 10.1. The summed E-state index contributed by atoms with van der Waals surface area (Å²) in [7, 11) is 1.67. The van der Waals surface area contributed by atoms with E-state index in [-0.39, 0.29) is 0 Å². The summed E-state index contributed by atoms with van der Waals surface area (Å²) < 4.78 is 40.2. The minimum Gasteiger partial charge on any atom is -0.260 e. The summed E-state index contributed by atoms with van der Waals surface area (Å²) in [4.78, 5) is 0.397. The lowest BCUT2D eigenvalue weighted by molar-refractivity contribution is -0.137. The van der Waals surface area contributed by atoms with Crippen LogP contribution in [0.3, 0.4) is 0 Å². The highest BCUT2D eigenvalue weighted by Gasteiger charge is 2.30. The van der Waals surface area contributed by atoms with Crippen LogP contribution in [0.1, 0.15) is 11.1 Å². The van der Waals surface area contributed by atoms with Gasteiger partial charge in [-0.15, -0.1) is 0 Å². The Hall–Kier alpha value is -2.72. The molecule has 25 heavy (non-hydrogen) atoms. The van der Waals surface area contributed by atoms with Crippen molar-refractivity contribution in [2.24, 2.45) is 7.05 Å². The first kappa shape index (κ1) is 17.1. The summed E-state index contributed by atoms with van der Waals surface area (Å²) >= 11 is 1.09. The van der Waals surface area contributed by atoms with Crippen LogP contribution in [0, 0.1) is 11.3 Å². The van der Waals surface area contributed by atoms with E-state index in [2.05, 4.69) is 11.2 Å². The molecule has 3 nitrogen and oxygen atoms in total. The molecule has 0 saturated carbocycles. The van der Waals surface area contributed by atoms with Crippen molar-refractivity contribution in [2.45, 2.75) is 16.1 Å². The van der Waals surface area contributed by atoms with Crippen LogP contribution in [0.25, 0.3) is 11.3 Å². The van der Waals surface area contributed by atoms with E-state index in [9.17, 15) is 18.4 Å². The normalized spacial score (nSPS) is 11.3. The number of hydrogen-bond acceptors (Lipinski definition) is 3. The molecule has 2 aromatic carbocycles. The number of nitrogens with zero attached hydrogens (tertiary/aromatic N) is 3. The number of halogens is 3. The Bertz CT molecular complexity index is 940. The van der Waals surface area contributed by atoms with Gasteiger partial charge in [0.2, 0.25) is 0 Å². The minimum atomic E-state index is -4.41. The topological polar surface area (TPSA) is 41.6 Å². The molecule has 7 heteroatoms. The first-order chi connectivity index (χ1) is 11.9. The predicted octanol–water partition coefficient (Wildman–Crippen LogP) is 5.13. The van der Waals surface area contributed by atoms with Crippen LogP contribution in [0.5, 0.6) is 0 Å². The highest BCUT2D eigenvalue weighted by Crippen LogP contribution is 2.37. The summed E-state index contributed by atoms with van der Waals surface area (Å²) in [5, 5.41) is 14.4. The third-order valence-electron chi connectivity index (χ3n) is 3.53. The van der Waals surface area contributed by atoms with Crippen molar-refractivity contribution >= 4 is 11.8 Å². The SMILES string of the molecule is Cn1nc(-c2ccccc2)c(C#N)c1Sc1cccc(C(F)(F)F)c1. The van der Waals surface area contributed by atoms with Crippen molar-refractivity contribution in [3.63, 3.8) is 0 Å². The number of aryl methyl sites for hydroxylation is 1. The summed E-state index contributed by atoms with van der Waals surface area (Å²) in [6.07, 6.45) is -4.41. The highest BCUT2D eigenvalue weighted by atomic mass is 32.2. The fourth-order valence-electron chi connectivity index (χ4n) is 2.37. The van der Waals surface area contributed by atoms with Gasteiger partial charge in [0, 0.05) is 17.5 Å². The monoisotopic (exact) mass is 359 g/mol. The molecule has 0 radical (unpaired) electrons. The van der Waals surface area contributed by atoms with Gasteiger partial charge < -0.3 is 0 Å². The molecule has 3 aromatic rings. The summed E-state index contributed by atoms with van der Waals surface area (Å²) in [6.45, 7) is 0. The van der Waals surface area contributed by atoms with Crippen molar-refractivity contribution in [3.8, 4) is 17.3 Å². The van der Waals surface area contributed by atoms with Gasteiger partial charge in [-0.25, -0.2) is 0 Å². The number of aromatic nitrogens is 2. The summed E-state index contributed by atoms with van der Waals surface area (Å²) in [6, 6.07) is 16.4. The Morgan fingerprint density at radius 1 is 1.08 bits per heavy atom. The van der Waals surface area contributed by atoms with Gasteiger partial charge in [-0.3, -0.25) is 4.68 Å². The van der Waals surface area contributed by atoms with Crippen LogP contribution >= 0.6 is 11.8 Å². The molecule has 126 valence electrons. The first-order valence-electron chi connectivity index (χ1n) is 7.28. The van der Waals surface area contributed by atoms with E-state index in [1.165, 1.54) is 10.7 Å². The molecule has 0 atom stereocenters. The summed E-state index contributed by atoms with van der Waals surface area (Å²) in [5.41, 5.74) is 0.920. The standard InChI is InChI=1S/C18H12F3N3S/c1-24-17(25-14-9-5-8-13(10-14)18(19,20)21)15(11-22)16(23-24)12-6-3-2-4-7-12/h2-10H,1H3. The van der Waals surface area contributed by atoms with Crippen LogP contribution < -0.4 is 0 Å². The van der Waals surface area contributed by atoms with Crippen molar-refractivity contribution in [3.05, 3.63) is 65.7 Å². The minimum absolute atomic E-state index is 0.344. The molecule has 1 aromatic heterocycles. The van der Waals surface area contributed by atoms with E-state index in [0.29, 0.717) is 21.2 Å². The average Bonchev–Trinajstić information content (AvgIpc) is 2.91. The second kappa shape index (κ2) is 6.65. The molecule has 0 aliphatic carbocycles. The van der Waals surface area contributed by atoms with Crippen molar-refractivity contribution in [1.82, 2.24) is 9.78 Å². The molecule has 0 aliphatic heterocycles. The molecule has 0 unspecified atom stereocenters. The van der Waals surface area contributed by atoms with Crippen molar-refractivity contribution in [2.75, 3.05) is 0 Å². The van der Waals surface area contributed by atoms with Gasteiger partial charge in [-0.05, 0) is 18.2 Å². The van der Waals surface area contributed by atoms with Gasteiger partial charge in [-0.1, -0.05) is 48.2 Å². The van der Waals surface area contributed by atoms with E-state index in [1.807, 2.05) is 30.3 Å². The maximum absolute atomic E-state index is 12.9. The molecule has 0 saturated heterocycles. The van der Waals surface area contributed by atoms with Gasteiger partial charge in [0.1, 0.15) is 22.4 Å². The molecule has 1 heterocycles. The molecule has 0 fully saturated rings. The van der Waals surface area contributed by atoms with Gasteiger partial charge in [0.15, 0.2) is 0 Å². The molecule has 0 bridgehead atoms. The van der Waals surface area contributed by atoms with Crippen LogP contribution in [-0.2, 0) is 13.2 Å². The Morgan fingerprint density at radius 3 is 2.44 bits per heavy atom. The van der Waals surface area contributed by atoms with Crippen LogP contribution in [-0.4, -0.2) is 9.78 Å². The molecule has 0 spiro atoms. The maximum Gasteiger partial charge on any atom is 0.416 e. The van der Waals surface area contributed by atoms with Gasteiger partial charge in [0.25, 0.3) is 0 Å². The molecule has 0 N–H and O–H groups in total. The predicted molar refractivity (Wildman–Crippen MR) is 88.9 cm³/mol. The van der Waals surface area contributed by atoms with E-state index in [1.54, 1.807) is 13.1 Å². The lowest BCUT2D eigenvalue weighted by Crippen LogP contribution is -2.04. The van der Waals surface area contributed by atoms with Crippen molar-refractivity contribution in [1.29, 1.82) is 5.26 Å². The number of benzene rings is 2. The summed E-state index contributed by atoms with van der Waals surface area (Å²) in [5.74, 6) is 0. The largest absolute Gasteiger partial charge is 0.416 e. The zero-order valence-corrected chi connectivity index (χ0v) is 13.9. The van der Waals surface area contributed by atoms with Gasteiger partial charge >= 0.3 is 6.18 Å². The number of nitriles is 1. The highest BCUT2D eigenvalue weighted by molar-refractivity contribution is 7.99. The molecule has 3 rings (SSSR count). The average molecular weight is 359 g/mol. The van der Waals surface area contributed by atoms with E-state index >= 15 is 0 Å².